The fourth-order valence-corrected chi connectivity index (χ4v) is 4.71. The third-order valence-electron chi connectivity index (χ3n) is 4.64. The van der Waals surface area contributed by atoms with Crippen LogP contribution in [-0.4, -0.2) is 28.0 Å². The SMILES string of the molecule is CCCOc1ccccc1/C=C/C(=O)N(c1ccc(OC)c(Cl)c1)S(=O)(=O)c1ccccc1. The molecule has 0 saturated heterocycles. The van der Waals surface area contributed by atoms with Crippen LogP contribution in [0.5, 0.6) is 11.5 Å². The number of hydrogen-bond donors (Lipinski definition) is 0. The maximum absolute atomic E-state index is 13.4. The molecule has 3 aromatic carbocycles. The van der Waals surface area contributed by atoms with Crippen LogP contribution in [0.25, 0.3) is 6.08 Å². The standard InChI is InChI=1S/C25H24ClNO5S/c1-3-17-32-23-12-8-7-9-19(23)13-16-25(28)27(20-14-15-24(31-2)22(26)18-20)33(29,30)21-10-5-4-6-11-21/h4-16,18H,3,17H2,1-2H3/b16-13+. The van der Waals surface area contributed by atoms with Gasteiger partial charge in [0.05, 0.1) is 29.3 Å². The molecule has 0 aliphatic heterocycles. The quantitative estimate of drug-likeness (QED) is 0.370. The lowest BCUT2D eigenvalue weighted by Crippen LogP contribution is -2.35. The molecule has 0 saturated carbocycles. The molecule has 6 nitrogen and oxygen atoms in total. The van der Waals surface area contributed by atoms with Crippen molar-refractivity contribution in [3.8, 4) is 11.5 Å². The summed E-state index contributed by atoms with van der Waals surface area (Å²) in [6, 6.07) is 19.3. The first-order chi connectivity index (χ1) is 15.9. The van der Waals surface area contributed by atoms with Gasteiger partial charge in [0.15, 0.2) is 0 Å². The van der Waals surface area contributed by atoms with Gasteiger partial charge in [-0.05, 0) is 48.9 Å². The minimum atomic E-state index is -4.22. The first kappa shape index (κ1) is 24.4. The third-order valence-corrected chi connectivity index (χ3v) is 6.67. The number of para-hydroxylation sites is 1. The zero-order valence-corrected chi connectivity index (χ0v) is 19.8. The van der Waals surface area contributed by atoms with E-state index in [4.69, 9.17) is 21.1 Å². The fraction of sp³-hybridized carbons (Fsp3) is 0.160. The summed E-state index contributed by atoms with van der Waals surface area (Å²) < 4.78 is 38.4. The van der Waals surface area contributed by atoms with E-state index in [-0.39, 0.29) is 15.6 Å². The molecule has 8 heteroatoms. The molecule has 0 heterocycles. The highest BCUT2D eigenvalue weighted by Gasteiger charge is 2.30. The molecule has 0 spiro atoms. The molecule has 0 bridgehead atoms. The molecule has 0 atom stereocenters. The zero-order valence-electron chi connectivity index (χ0n) is 18.3. The van der Waals surface area contributed by atoms with E-state index in [2.05, 4.69) is 0 Å². The first-order valence-corrected chi connectivity index (χ1v) is 12.1. The van der Waals surface area contributed by atoms with Crippen LogP contribution < -0.4 is 13.8 Å². The number of carbonyl (C=O) groups excluding carboxylic acids is 1. The van der Waals surface area contributed by atoms with E-state index < -0.39 is 15.9 Å². The van der Waals surface area contributed by atoms with Gasteiger partial charge in [-0.25, -0.2) is 8.42 Å². The second-order valence-corrected chi connectivity index (χ2v) is 9.15. The summed E-state index contributed by atoms with van der Waals surface area (Å²) in [5.74, 6) is 0.209. The Morgan fingerprint density at radius 1 is 1.00 bits per heavy atom. The Kier molecular flexibility index (Phi) is 8.14. The number of carbonyl (C=O) groups is 1. The Hall–Kier alpha value is -3.29. The van der Waals surface area contributed by atoms with E-state index in [1.165, 1.54) is 49.6 Å². The number of hydrogen-bond acceptors (Lipinski definition) is 5. The van der Waals surface area contributed by atoms with Crippen molar-refractivity contribution >= 4 is 39.3 Å². The van der Waals surface area contributed by atoms with Gasteiger partial charge in [-0.1, -0.05) is 54.9 Å². The van der Waals surface area contributed by atoms with Gasteiger partial charge in [0.2, 0.25) is 0 Å². The molecule has 3 aromatic rings. The third kappa shape index (κ3) is 5.74. The van der Waals surface area contributed by atoms with Crippen LogP contribution in [0.4, 0.5) is 5.69 Å². The predicted molar refractivity (Wildman–Crippen MR) is 130 cm³/mol. The number of halogens is 1. The minimum absolute atomic E-state index is 0.0228. The Morgan fingerprint density at radius 3 is 2.36 bits per heavy atom. The Labute approximate surface area is 199 Å². The molecule has 1 amide bonds. The molecular formula is C25H24ClNO5S. The summed E-state index contributed by atoms with van der Waals surface area (Å²) in [4.78, 5) is 13.3. The predicted octanol–water partition coefficient (Wildman–Crippen LogP) is 5.57. The summed E-state index contributed by atoms with van der Waals surface area (Å²) in [5.41, 5.74) is 0.749. The number of benzene rings is 3. The average molecular weight is 486 g/mol. The van der Waals surface area contributed by atoms with Gasteiger partial charge >= 0.3 is 0 Å². The van der Waals surface area contributed by atoms with Crippen LogP contribution in [-0.2, 0) is 14.8 Å². The van der Waals surface area contributed by atoms with Gasteiger partial charge in [0.1, 0.15) is 11.5 Å². The lowest BCUT2D eigenvalue weighted by Gasteiger charge is -2.22. The van der Waals surface area contributed by atoms with Gasteiger partial charge < -0.3 is 9.47 Å². The van der Waals surface area contributed by atoms with Gasteiger partial charge in [-0.2, -0.15) is 4.31 Å². The smallest absolute Gasteiger partial charge is 0.271 e. The molecule has 0 aliphatic carbocycles. The summed E-state index contributed by atoms with van der Waals surface area (Å²) in [7, 11) is -2.77. The lowest BCUT2D eigenvalue weighted by molar-refractivity contribution is -0.113. The van der Waals surface area contributed by atoms with Gasteiger partial charge in [-0.15, -0.1) is 0 Å². The summed E-state index contributed by atoms with van der Waals surface area (Å²) in [6.07, 6.45) is 3.57. The Morgan fingerprint density at radius 2 is 1.70 bits per heavy atom. The highest BCUT2D eigenvalue weighted by molar-refractivity contribution is 7.93. The normalized spacial score (nSPS) is 11.4. The van der Waals surface area contributed by atoms with Crippen LogP contribution in [0.3, 0.4) is 0 Å². The molecular weight excluding hydrogens is 462 g/mol. The highest BCUT2D eigenvalue weighted by atomic mass is 35.5. The second-order valence-electron chi connectivity index (χ2n) is 6.96. The number of sulfonamides is 1. The minimum Gasteiger partial charge on any atom is -0.495 e. The topological polar surface area (TPSA) is 72.9 Å². The molecule has 0 unspecified atom stereocenters. The van der Waals surface area contributed by atoms with Crippen molar-refractivity contribution < 1.29 is 22.7 Å². The van der Waals surface area contributed by atoms with Crippen LogP contribution in [0.1, 0.15) is 18.9 Å². The van der Waals surface area contributed by atoms with Crippen molar-refractivity contribution in [3.05, 3.63) is 89.5 Å². The number of nitrogens with zero attached hydrogens (tertiary/aromatic N) is 1. The average Bonchev–Trinajstić information content (AvgIpc) is 2.82. The highest BCUT2D eigenvalue weighted by Crippen LogP contribution is 2.32. The van der Waals surface area contributed by atoms with Crippen molar-refractivity contribution in [2.24, 2.45) is 0 Å². The van der Waals surface area contributed by atoms with Crippen LogP contribution in [0.15, 0.2) is 83.8 Å². The second kappa shape index (κ2) is 11.0. The molecule has 0 fully saturated rings. The maximum atomic E-state index is 13.4. The van der Waals surface area contributed by atoms with E-state index in [9.17, 15) is 13.2 Å². The molecule has 0 aromatic heterocycles. The molecule has 0 radical (unpaired) electrons. The Bertz CT molecular complexity index is 1240. The first-order valence-electron chi connectivity index (χ1n) is 10.3. The van der Waals surface area contributed by atoms with Crippen molar-refractivity contribution in [1.82, 2.24) is 0 Å². The monoisotopic (exact) mass is 485 g/mol. The molecule has 172 valence electrons. The number of amides is 1. The fourth-order valence-electron chi connectivity index (χ4n) is 3.05. The zero-order chi connectivity index (χ0) is 23.8. The summed E-state index contributed by atoms with van der Waals surface area (Å²) in [5, 5.41) is 0.179. The summed E-state index contributed by atoms with van der Waals surface area (Å²) in [6.45, 7) is 2.52. The number of methoxy groups -OCH3 is 1. The summed E-state index contributed by atoms with van der Waals surface area (Å²) >= 11 is 6.22. The maximum Gasteiger partial charge on any atom is 0.271 e. The van der Waals surface area contributed by atoms with Gasteiger partial charge in [0, 0.05) is 11.6 Å². The van der Waals surface area contributed by atoms with E-state index in [0.29, 0.717) is 23.7 Å². The van der Waals surface area contributed by atoms with E-state index in [1.54, 1.807) is 30.3 Å². The number of rotatable bonds is 9. The van der Waals surface area contributed by atoms with E-state index >= 15 is 0 Å². The van der Waals surface area contributed by atoms with E-state index in [1.807, 2.05) is 19.1 Å². The Balaban J connectivity index is 2.04. The molecule has 33 heavy (non-hydrogen) atoms. The number of anilines is 1. The number of ether oxygens (including phenoxy) is 2. The van der Waals surface area contributed by atoms with Crippen molar-refractivity contribution in [3.63, 3.8) is 0 Å². The van der Waals surface area contributed by atoms with Crippen LogP contribution in [0.2, 0.25) is 5.02 Å². The molecule has 3 rings (SSSR count). The van der Waals surface area contributed by atoms with Crippen molar-refractivity contribution in [2.45, 2.75) is 18.2 Å². The van der Waals surface area contributed by atoms with Gasteiger partial charge in [-0.3, -0.25) is 4.79 Å². The molecule has 0 N–H and O–H groups in total. The van der Waals surface area contributed by atoms with Crippen molar-refractivity contribution in [1.29, 1.82) is 0 Å². The van der Waals surface area contributed by atoms with Crippen LogP contribution in [0, 0.1) is 0 Å². The lowest BCUT2D eigenvalue weighted by atomic mass is 10.2. The van der Waals surface area contributed by atoms with E-state index in [0.717, 1.165) is 10.7 Å². The van der Waals surface area contributed by atoms with Crippen molar-refractivity contribution in [2.75, 3.05) is 18.0 Å². The largest absolute Gasteiger partial charge is 0.495 e. The van der Waals surface area contributed by atoms with Gasteiger partial charge in [0.25, 0.3) is 15.9 Å². The molecule has 0 aliphatic rings. The van der Waals surface area contributed by atoms with Crippen LogP contribution >= 0.6 is 11.6 Å².